The number of aliphatic hydroxyl groups excluding tert-OH is 2. The van der Waals surface area contributed by atoms with Crippen LogP contribution in [-0.4, -0.2) is 34.1 Å². The Balaban J connectivity index is 3.46. The third kappa shape index (κ3) is 7.77. The maximum atomic E-state index is 9.81. The van der Waals surface area contributed by atoms with Gasteiger partial charge in [-0.25, -0.2) is 0 Å². The fourth-order valence-corrected chi connectivity index (χ4v) is 1.73. The number of aliphatic hydroxyl groups is 3. The molecule has 0 saturated heterocycles. The highest BCUT2D eigenvalue weighted by Gasteiger charge is 2.24. The summed E-state index contributed by atoms with van der Waals surface area (Å²) < 4.78 is 0. The van der Waals surface area contributed by atoms with Crippen molar-refractivity contribution in [1.82, 2.24) is 0 Å². The zero-order chi connectivity index (χ0) is 11.6. The Morgan fingerprint density at radius 3 is 2.00 bits per heavy atom. The number of rotatable bonds is 10. The number of hydrogen-bond acceptors (Lipinski definition) is 3. The topological polar surface area (TPSA) is 60.7 Å². The van der Waals surface area contributed by atoms with Crippen molar-refractivity contribution in [1.29, 1.82) is 0 Å². The molecule has 1 unspecified atom stereocenters. The van der Waals surface area contributed by atoms with Crippen LogP contribution in [-0.2, 0) is 0 Å². The minimum Gasteiger partial charge on any atom is -0.396 e. The average molecular weight is 218 g/mol. The molecule has 0 aliphatic heterocycles. The molecule has 92 valence electrons. The first-order valence-electron chi connectivity index (χ1n) is 6.12. The van der Waals surface area contributed by atoms with Gasteiger partial charge in [0.1, 0.15) is 0 Å². The molecule has 0 radical (unpaired) electrons. The maximum Gasteiger partial charge on any atom is 0.0899 e. The molecule has 3 heteroatoms. The van der Waals surface area contributed by atoms with Gasteiger partial charge in [-0.2, -0.15) is 0 Å². The Kier molecular flexibility index (Phi) is 9.06. The molecule has 3 nitrogen and oxygen atoms in total. The molecule has 0 aromatic rings. The van der Waals surface area contributed by atoms with Crippen LogP contribution in [0.1, 0.15) is 58.3 Å². The summed E-state index contributed by atoms with van der Waals surface area (Å²) in [5.41, 5.74) is -1.06. The SMILES string of the molecule is CCCCCCCCC(O)(CO)CCO. The molecule has 0 bridgehead atoms. The van der Waals surface area contributed by atoms with E-state index in [1.54, 1.807) is 0 Å². The summed E-state index contributed by atoms with van der Waals surface area (Å²) in [5.74, 6) is 0. The van der Waals surface area contributed by atoms with Crippen LogP contribution in [0.2, 0.25) is 0 Å². The minimum absolute atomic E-state index is 0.0626. The monoisotopic (exact) mass is 218 g/mol. The predicted octanol–water partition coefficient (Wildman–Crippen LogP) is 1.84. The van der Waals surface area contributed by atoms with Crippen LogP contribution in [0.3, 0.4) is 0 Å². The van der Waals surface area contributed by atoms with Gasteiger partial charge in [0, 0.05) is 13.0 Å². The Hall–Kier alpha value is -0.120. The molecule has 0 spiro atoms. The predicted molar refractivity (Wildman–Crippen MR) is 61.7 cm³/mol. The summed E-state index contributed by atoms with van der Waals surface area (Å²) in [4.78, 5) is 0. The Bertz CT molecular complexity index is 139. The third-order valence-corrected chi connectivity index (χ3v) is 2.87. The second kappa shape index (κ2) is 9.13. The van der Waals surface area contributed by atoms with Crippen molar-refractivity contribution < 1.29 is 15.3 Å². The summed E-state index contributed by atoms with van der Waals surface area (Å²) in [6.07, 6.45) is 7.89. The van der Waals surface area contributed by atoms with Crippen LogP contribution in [0.15, 0.2) is 0 Å². The van der Waals surface area contributed by atoms with E-state index < -0.39 is 5.60 Å². The number of hydrogen-bond donors (Lipinski definition) is 3. The third-order valence-electron chi connectivity index (χ3n) is 2.87. The van der Waals surface area contributed by atoms with Gasteiger partial charge >= 0.3 is 0 Å². The van der Waals surface area contributed by atoms with E-state index in [0.717, 1.165) is 12.8 Å². The molecule has 0 aromatic heterocycles. The fourth-order valence-electron chi connectivity index (χ4n) is 1.73. The van der Waals surface area contributed by atoms with Gasteiger partial charge < -0.3 is 15.3 Å². The van der Waals surface area contributed by atoms with E-state index in [-0.39, 0.29) is 19.6 Å². The van der Waals surface area contributed by atoms with Gasteiger partial charge in [0.15, 0.2) is 0 Å². The van der Waals surface area contributed by atoms with Gasteiger partial charge in [0.25, 0.3) is 0 Å². The second-order valence-electron chi connectivity index (χ2n) is 4.37. The van der Waals surface area contributed by atoms with E-state index in [1.807, 2.05) is 0 Å². The van der Waals surface area contributed by atoms with Crippen molar-refractivity contribution in [3.05, 3.63) is 0 Å². The summed E-state index contributed by atoms with van der Waals surface area (Å²) in [5, 5.41) is 27.5. The van der Waals surface area contributed by atoms with E-state index in [4.69, 9.17) is 10.2 Å². The lowest BCUT2D eigenvalue weighted by Gasteiger charge is -2.24. The molecule has 0 fully saturated rings. The standard InChI is InChI=1S/C12H26O3/c1-2-3-4-5-6-7-8-12(15,11-14)9-10-13/h13-15H,2-11H2,1H3. The van der Waals surface area contributed by atoms with Crippen molar-refractivity contribution in [2.75, 3.05) is 13.2 Å². The molecule has 0 aliphatic carbocycles. The van der Waals surface area contributed by atoms with Gasteiger partial charge in [0.2, 0.25) is 0 Å². The molecular weight excluding hydrogens is 192 g/mol. The second-order valence-corrected chi connectivity index (χ2v) is 4.37. The van der Waals surface area contributed by atoms with E-state index in [9.17, 15) is 5.11 Å². The zero-order valence-electron chi connectivity index (χ0n) is 9.91. The van der Waals surface area contributed by atoms with Gasteiger partial charge in [-0.05, 0) is 6.42 Å². The molecule has 0 aliphatic rings. The largest absolute Gasteiger partial charge is 0.396 e. The van der Waals surface area contributed by atoms with Gasteiger partial charge in [-0.1, -0.05) is 45.4 Å². The fraction of sp³-hybridized carbons (Fsp3) is 1.00. The Labute approximate surface area is 93.1 Å². The summed E-state index contributed by atoms with van der Waals surface area (Å²) in [7, 11) is 0. The molecule has 0 saturated carbocycles. The molecule has 15 heavy (non-hydrogen) atoms. The smallest absolute Gasteiger partial charge is 0.0899 e. The molecule has 1 atom stereocenters. The van der Waals surface area contributed by atoms with Gasteiger partial charge in [0.05, 0.1) is 12.2 Å². The lowest BCUT2D eigenvalue weighted by Crippen LogP contribution is -2.34. The first-order valence-corrected chi connectivity index (χ1v) is 6.12. The van der Waals surface area contributed by atoms with Crippen molar-refractivity contribution in [3.8, 4) is 0 Å². The lowest BCUT2D eigenvalue weighted by molar-refractivity contribution is -0.0395. The van der Waals surface area contributed by atoms with E-state index in [2.05, 4.69) is 6.92 Å². The lowest BCUT2D eigenvalue weighted by atomic mass is 9.93. The normalized spacial score (nSPS) is 15.2. The summed E-state index contributed by atoms with van der Waals surface area (Å²) >= 11 is 0. The van der Waals surface area contributed by atoms with E-state index >= 15 is 0 Å². The van der Waals surface area contributed by atoms with E-state index in [0.29, 0.717) is 6.42 Å². The minimum atomic E-state index is -1.06. The molecule has 0 rings (SSSR count). The maximum absolute atomic E-state index is 9.81. The van der Waals surface area contributed by atoms with Crippen LogP contribution in [0.25, 0.3) is 0 Å². The van der Waals surface area contributed by atoms with E-state index in [1.165, 1.54) is 25.7 Å². The van der Waals surface area contributed by atoms with Crippen molar-refractivity contribution >= 4 is 0 Å². The quantitative estimate of drug-likeness (QED) is 0.490. The first kappa shape index (κ1) is 14.9. The Morgan fingerprint density at radius 2 is 1.47 bits per heavy atom. The van der Waals surface area contributed by atoms with Crippen LogP contribution >= 0.6 is 0 Å². The highest BCUT2D eigenvalue weighted by Crippen LogP contribution is 2.19. The van der Waals surface area contributed by atoms with Crippen molar-refractivity contribution in [2.24, 2.45) is 0 Å². The Morgan fingerprint density at radius 1 is 0.867 bits per heavy atom. The van der Waals surface area contributed by atoms with Crippen LogP contribution < -0.4 is 0 Å². The van der Waals surface area contributed by atoms with Crippen molar-refractivity contribution in [2.45, 2.75) is 63.9 Å². The molecule has 0 amide bonds. The van der Waals surface area contributed by atoms with Crippen molar-refractivity contribution in [3.63, 3.8) is 0 Å². The summed E-state index contributed by atoms with van der Waals surface area (Å²) in [6, 6.07) is 0. The molecule has 3 N–H and O–H groups in total. The van der Waals surface area contributed by atoms with Crippen LogP contribution in [0.4, 0.5) is 0 Å². The zero-order valence-corrected chi connectivity index (χ0v) is 9.91. The molecular formula is C12H26O3. The van der Waals surface area contributed by atoms with Crippen LogP contribution in [0.5, 0.6) is 0 Å². The molecule has 0 aromatic carbocycles. The first-order chi connectivity index (χ1) is 7.18. The average Bonchev–Trinajstić information content (AvgIpc) is 2.24. The van der Waals surface area contributed by atoms with Gasteiger partial charge in [-0.15, -0.1) is 0 Å². The highest BCUT2D eigenvalue weighted by molar-refractivity contribution is 4.76. The highest BCUT2D eigenvalue weighted by atomic mass is 16.3. The van der Waals surface area contributed by atoms with Crippen LogP contribution in [0, 0.1) is 0 Å². The molecule has 0 heterocycles. The van der Waals surface area contributed by atoms with Gasteiger partial charge in [-0.3, -0.25) is 0 Å². The number of unbranched alkanes of at least 4 members (excludes halogenated alkanes) is 5. The summed E-state index contributed by atoms with van der Waals surface area (Å²) in [6.45, 7) is 1.88.